The van der Waals surface area contributed by atoms with Crippen molar-refractivity contribution in [2.45, 2.75) is 130 Å². The Morgan fingerprint density at radius 3 is 2.31 bits per heavy atom. The van der Waals surface area contributed by atoms with Crippen LogP contribution in [0.1, 0.15) is 125 Å². The van der Waals surface area contributed by atoms with Crippen LogP contribution in [0.4, 0.5) is 0 Å². The van der Waals surface area contributed by atoms with E-state index in [9.17, 15) is 13.2 Å². The van der Waals surface area contributed by atoms with E-state index in [1.807, 2.05) is 12.1 Å². The van der Waals surface area contributed by atoms with E-state index < -0.39 is 9.84 Å². The average molecular weight is 678 g/mol. The van der Waals surface area contributed by atoms with E-state index >= 15 is 0 Å². The minimum atomic E-state index is -3.02. The van der Waals surface area contributed by atoms with Crippen LogP contribution in [-0.4, -0.2) is 38.0 Å². The smallest absolute Gasteiger partial charge is 0.298 e. The summed E-state index contributed by atoms with van der Waals surface area (Å²) >= 11 is 0. The number of benzene rings is 1. The first-order valence-electron chi connectivity index (χ1n) is 19.0. The number of hydrogen-bond donors (Lipinski definition) is 1. The highest BCUT2D eigenvalue weighted by atomic mass is 32.2. The van der Waals surface area contributed by atoms with Crippen LogP contribution in [0.15, 0.2) is 42.5 Å². The molecule has 0 spiro atoms. The number of allylic oxidation sites excluding steroid dienone is 3. The minimum absolute atomic E-state index is 0.0459. The van der Waals surface area contributed by atoms with Crippen LogP contribution in [0.3, 0.4) is 0 Å². The molecule has 4 fully saturated rings. The van der Waals surface area contributed by atoms with Crippen molar-refractivity contribution in [1.82, 2.24) is 5.32 Å². The third-order valence-electron chi connectivity index (χ3n) is 15.8. The number of nitrogens with one attached hydrogen (secondary N) is 1. The molecule has 266 valence electrons. The summed E-state index contributed by atoms with van der Waals surface area (Å²) in [5.74, 6) is 3.91. The number of sulfone groups is 1. The van der Waals surface area contributed by atoms with Crippen LogP contribution in [0.5, 0.6) is 5.75 Å². The van der Waals surface area contributed by atoms with Gasteiger partial charge in [0, 0.05) is 5.54 Å². The lowest BCUT2D eigenvalue weighted by Gasteiger charge is -2.72. The molecule has 6 rings (SSSR count). The van der Waals surface area contributed by atoms with Crippen molar-refractivity contribution in [3.8, 4) is 5.75 Å². The lowest BCUT2D eigenvalue weighted by molar-refractivity contribution is -0.219. The number of hydrogen-bond acceptors (Lipinski definition) is 5. The second-order valence-electron chi connectivity index (χ2n) is 18.3. The van der Waals surface area contributed by atoms with Crippen molar-refractivity contribution in [3.63, 3.8) is 0 Å². The first kappa shape index (κ1) is 35.9. The molecule has 48 heavy (non-hydrogen) atoms. The molecule has 1 aromatic rings. The Bertz CT molecular complexity index is 1540. The number of carbonyl (C=O) groups excluding carboxylic acids is 1. The van der Waals surface area contributed by atoms with E-state index in [0.29, 0.717) is 48.2 Å². The average Bonchev–Trinajstić information content (AvgIpc) is 3.40. The molecule has 0 aliphatic heterocycles. The molecule has 5 nitrogen and oxygen atoms in total. The first-order chi connectivity index (χ1) is 22.5. The lowest BCUT2D eigenvalue weighted by Crippen LogP contribution is -2.68. The highest BCUT2D eigenvalue weighted by molar-refractivity contribution is 7.91. The quantitative estimate of drug-likeness (QED) is 0.152. The van der Waals surface area contributed by atoms with E-state index in [-0.39, 0.29) is 38.2 Å². The van der Waals surface area contributed by atoms with Gasteiger partial charge in [0.25, 0.3) is 6.47 Å². The zero-order chi connectivity index (χ0) is 34.9. The minimum Gasteiger partial charge on any atom is -0.429 e. The van der Waals surface area contributed by atoms with Gasteiger partial charge in [-0.15, -0.1) is 0 Å². The van der Waals surface area contributed by atoms with Gasteiger partial charge in [0.2, 0.25) is 0 Å². The zero-order valence-electron chi connectivity index (χ0n) is 31.2. The fourth-order valence-corrected chi connectivity index (χ4v) is 14.2. The number of fused-ring (bicyclic) bond motifs is 7. The number of rotatable bonds is 10. The molecule has 0 heterocycles. The van der Waals surface area contributed by atoms with Gasteiger partial charge in [0.05, 0.1) is 11.0 Å². The van der Waals surface area contributed by atoms with Gasteiger partial charge in [-0.3, -0.25) is 4.79 Å². The second-order valence-corrected chi connectivity index (χ2v) is 21.0. The predicted molar refractivity (Wildman–Crippen MR) is 197 cm³/mol. The molecule has 5 aliphatic carbocycles. The Kier molecular flexibility index (Phi) is 9.26. The summed E-state index contributed by atoms with van der Waals surface area (Å²) in [5.41, 5.74) is 4.95. The summed E-state index contributed by atoms with van der Waals surface area (Å²) in [7, 11) is -3.02. The van der Waals surface area contributed by atoms with Crippen LogP contribution >= 0.6 is 0 Å². The van der Waals surface area contributed by atoms with Crippen molar-refractivity contribution in [1.29, 1.82) is 0 Å². The molecular weight excluding hydrogens is 615 g/mol. The van der Waals surface area contributed by atoms with Crippen molar-refractivity contribution < 1.29 is 17.9 Å². The maximum absolute atomic E-state index is 12.6. The molecule has 6 heteroatoms. The normalized spacial score (nSPS) is 40.2. The molecule has 0 unspecified atom stereocenters. The third kappa shape index (κ3) is 5.40. The maximum atomic E-state index is 12.6. The van der Waals surface area contributed by atoms with Crippen molar-refractivity contribution in [2.75, 3.05) is 12.3 Å². The summed E-state index contributed by atoms with van der Waals surface area (Å²) in [6.45, 7) is 24.7. The first-order valence-corrected chi connectivity index (χ1v) is 20.7. The van der Waals surface area contributed by atoms with Crippen molar-refractivity contribution in [2.24, 2.45) is 51.2 Å². The van der Waals surface area contributed by atoms with Gasteiger partial charge in [0.15, 0.2) is 9.84 Å². The zero-order valence-corrected chi connectivity index (χ0v) is 32.0. The Hall–Kier alpha value is -1.92. The molecule has 5 aliphatic rings. The summed E-state index contributed by atoms with van der Waals surface area (Å²) in [5, 5.41) is 3.78. The molecule has 0 amide bonds. The van der Waals surface area contributed by atoms with Crippen LogP contribution in [0, 0.1) is 51.2 Å². The molecule has 0 saturated heterocycles. The summed E-state index contributed by atoms with van der Waals surface area (Å²) in [4.78, 5) is 10.9. The van der Waals surface area contributed by atoms with Gasteiger partial charge in [-0.05, 0) is 166 Å². The van der Waals surface area contributed by atoms with Crippen LogP contribution in [-0.2, 0) is 14.6 Å². The highest BCUT2D eigenvalue weighted by Crippen LogP contribution is 2.76. The fraction of sp³-hybridized carbons (Fsp3) is 0.738. The van der Waals surface area contributed by atoms with E-state index in [1.165, 1.54) is 68.1 Å². The molecule has 4 saturated carbocycles. The molecule has 0 radical (unpaired) electrons. The maximum Gasteiger partial charge on any atom is 0.298 e. The SMILES string of the molecule is C=C(C)[C@@H]1CC[C@]2(NCCCS(=O)(=O)C(C)C)CC[C@]3(C)[C@H](CC[C@@H]4[C@@]5(C)CC=C(c6ccc(OC=O)cc6)C(C)(C)[C@@H]5CC[C@]43C)[C@@H]12. The standard InChI is InChI=1S/C42H63NO4S/c1-28(2)32-17-22-42(43-25-10-26-48(45,46)29(3)4)24-23-40(8)34(37(32)42)15-16-36-39(7)20-18-33(30-11-13-31(14-12-30)47-27-44)38(5,6)35(39)19-21-41(36,40)9/h11-14,18,27,29,32,34-37,43H,1,10,15-17,19-26H2,2-9H3/t32-,34+,35-,36+,37+,39-,40+,41+,42-/m0/s1. The van der Waals surface area contributed by atoms with Crippen LogP contribution in [0.2, 0.25) is 0 Å². The Labute approximate surface area is 292 Å². The lowest BCUT2D eigenvalue weighted by atomic mass is 9.33. The van der Waals surface area contributed by atoms with Crippen LogP contribution in [0.25, 0.3) is 5.57 Å². The van der Waals surface area contributed by atoms with E-state index in [4.69, 9.17) is 4.74 Å². The Morgan fingerprint density at radius 2 is 1.67 bits per heavy atom. The second kappa shape index (κ2) is 12.4. The molecule has 1 aromatic carbocycles. The monoisotopic (exact) mass is 677 g/mol. The predicted octanol–water partition coefficient (Wildman–Crippen LogP) is 9.43. The van der Waals surface area contributed by atoms with E-state index in [2.05, 4.69) is 71.6 Å². The molecule has 1 N–H and O–H groups in total. The van der Waals surface area contributed by atoms with Gasteiger partial charge in [0.1, 0.15) is 5.75 Å². The molecule has 0 bridgehead atoms. The number of carbonyl (C=O) groups is 1. The topological polar surface area (TPSA) is 72.5 Å². The highest BCUT2D eigenvalue weighted by Gasteiger charge is 2.70. The van der Waals surface area contributed by atoms with Gasteiger partial charge in [-0.1, -0.05) is 65.0 Å². The summed E-state index contributed by atoms with van der Waals surface area (Å²) in [6, 6.07) is 8.08. The Balaban J connectivity index is 1.28. The third-order valence-corrected chi connectivity index (χ3v) is 18.1. The van der Waals surface area contributed by atoms with Gasteiger partial charge in [-0.2, -0.15) is 0 Å². The summed E-state index contributed by atoms with van der Waals surface area (Å²) in [6.07, 6.45) is 14.3. The van der Waals surface area contributed by atoms with Gasteiger partial charge >= 0.3 is 0 Å². The molecule has 0 aromatic heterocycles. The fourth-order valence-electron chi connectivity index (χ4n) is 13.2. The van der Waals surface area contributed by atoms with Gasteiger partial charge in [-0.25, -0.2) is 8.42 Å². The largest absolute Gasteiger partial charge is 0.429 e. The van der Waals surface area contributed by atoms with Crippen molar-refractivity contribution >= 4 is 21.9 Å². The molecule has 9 atom stereocenters. The molecular formula is C42H63NO4S. The van der Waals surface area contributed by atoms with Gasteiger partial charge < -0.3 is 10.1 Å². The summed E-state index contributed by atoms with van der Waals surface area (Å²) < 4.78 is 30.3. The Morgan fingerprint density at radius 1 is 0.958 bits per heavy atom. The van der Waals surface area contributed by atoms with E-state index in [1.54, 1.807) is 13.8 Å². The number of ether oxygens (including phenoxy) is 1. The van der Waals surface area contributed by atoms with Crippen LogP contribution < -0.4 is 10.1 Å². The van der Waals surface area contributed by atoms with E-state index in [0.717, 1.165) is 13.0 Å². The van der Waals surface area contributed by atoms with Crippen molar-refractivity contribution in [3.05, 3.63) is 48.1 Å².